The van der Waals surface area contributed by atoms with E-state index in [1.165, 1.54) is 25.7 Å². The van der Waals surface area contributed by atoms with E-state index in [1.54, 1.807) is 0 Å². The molecule has 18 nitrogen and oxygen atoms in total. The lowest BCUT2D eigenvalue weighted by molar-refractivity contribution is -0.336. The van der Waals surface area contributed by atoms with Crippen LogP contribution >= 0.6 is 0 Å². The molecule has 18 heteroatoms. The van der Waals surface area contributed by atoms with Gasteiger partial charge in [-0.15, -0.1) is 0 Å². The summed E-state index contributed by atoms with van der Waals surface area (Å²) in [4.78, 5) is 13.1. The van der Waals surface area contributed by atoms with E-state index in [4.69, 9.17) is 67.8 Å². The molecule has 7 saturated heterocycles. The van der Waals surface area contributed by atoms with Gasteiger partial charge >= 0.3 is 0 Å². The molecule has 11 aliphatic rings. The maximum absolute atomic E-state index is 13.1. The number of ketones is 1. The van der Waals surface area contributed by atoms with Crippen LogP contribution in [-0.4, -0.2) is 165 Å². The van der Waals surface area contributed by atoms with E-state index >= 15 is 0 Å². The molecule has 4 saturated carbocycles. The first-order valence-corrected chi connectivity index (χ1v) is 22.7. The number of hydrogen-bond acceptors (Lipinski definition) is 18. The maximum atomic E-state index is 13.1. The lowest BCUT2D eigenvalue weighted by atomic mass is 9.93. The Morgan fingerprint density at radius 3 is 1.63 bits per heavy atom. The van der Waals surface area contributed by atoms with Gasteiger partial charge in [-0.1, -0.05) is 25.7 Å². The third-order valence-electron chi connectivity index (χ3n) is 14.6. The van der Waals surface area contributed by atoms with Crippen LogP contribution in [0.3, 0.4) is 0 Å². The molecule has 0 aromatic heterocycles. The van der Waals surface area contributed by atoms with Crippen LogP contribution in [0.5, 0.6) is 0 Å². The second-order valence-corrected chi connectivity index (χ2v) is 18.9. The third kappa shape index (κ3) is 8.16. The van der Waals surface area contributed by atoms with Crippen LogP contribution < -0.4 is 0 Å². The van der Waals surface area contributed by atoms with Crippen LogP contribution in [0.2, 0.25) is 0 Å². The molecule has 4 aliphatic carbocycles. The summed E-state index contributed by atoms with van der Waals surface area (Å²) in [6.45, 7) is 0.00685. The minimum Gasteiger partial charge on any atom is -0.391 e. The van der Waals surface area contributed by atoms with Crippen LogP contribution in [0, 0.1) is 0 Å². The van der Waals surface area contributed by atoms with Crippen molar-refractivity contribution in [3.8, 4) is 0 Å². The number of Topliss-reactive ketones (excluding diaryl/α,β-unsaturated/α-hetero) is 1. The molecule has 11 fully saturated rings. The Hall–Kier alpha value is -1.01. The average molecular weight is 859 g/mol. The van der Waals surface area contributed by atoms with E-state index < -0.39 is 77.6 Å². The van der Waals surface area contributed by atoms with Crippen molar-refractivity contribution in [1.82, 2.24) is 0 Å². The molecule has 0 amide bonds. The second kappa shape index (κ2) is 17.1. The standard InChI is InChI=1S/C18H28O6.C18H26O6.C6H12O6/c2*19-15-14-13(22-17(23-14)9-5-2-6-10-17)11-20-18(15)12-21-16(24-18)7-3-1-4-8-16;7-2-6(11)5(10)4(9)3(8)1-12-6/h13-15,19H,1-12H2;13-14H,1-12H2;3-5,7-11H,1-2H2/t13-,14-,15+,18+;13-,14-,18+;3-,4-,5+,6-/m111/s1. The van der Waals surface area contributed by atoms with Crippen LogP contribution in [0.25, 0.3) is 0 Å². The molecular formula is C42H66O18. The number of hydrogen-bond donors (Lipinski definition) is 6. The van der Waals surface area contributed by atoms with Crippen molar-refractivity contribution in [2.45, 2.75) is 218 Å². The highest BCUT2D eigenvalue weighted by atomic mass is 16.9. The molecule has 6 N–H and O–H groups in total. The van der Waals surface area contributed by atoms with Crippen molar-refractivity contribution in [2.24, 2.45) is 0 Å². The Labute approximate surface area is 350 Å². The van der Waals surface area contributed by atoms with Crippen LogP contribution in [-0.2, 0) is 56.9 Å². The predicted molar refractivity (Wildman–Crippen MR) is 201 cm³/mol. The second-order valence-electron chi connectivity index (χ2n) is 18.9. The highest BCUT2D eigenvalue weighted by Crippen LogP contribution is 2.51. The van der Waals surface area contributed by atoms with Crippen molar-refractivity contribution in [1.29, 1.82) is 0 Å². The molecule has 11 atom stereocenters. The molecule has 342 valence electrons. The fourth-order valence-corrected chi connectivity index (χ4v) is 11.1. The van der Waals surface area contributed by atoms with Crippen LogP contribution in [0.4, 0.5) is 0 Å². The summed E-state index contributed by atoms with van der Waals surface area (Å²) in [5.41, 5.74) is 0. The van der Waals surface area contributed by atoms with Gasteiger partial charge in [0.1, 0.15) is 55.9 Å². The molecule has 6 spiro atoms. The highest BCUT2D eigenvalue weighted by Gasteiger charge is 2.66. The van der Waals surface area contributed by atoms with E-state index in [2.05, 4.69) is 4.74 Å². The number of carbonyl (C=O) groups excluding carboxylic acids is 1. The van der Waals surface area contributed by atoms with Crippen LogP contribution in [0.1, 0.15) is 128 Å². The first-order chi connectivity index (χ1) is 28.8. The highest BCUT2D eigenvalue weighted by molar-refractivity contribution is 5.92. The molecule has 0 radical (unpaired) electrons. The summed E-state index contributed by atoms with van der Waals surface area (Å²) >= 11 is 0. The molecule has 0 aromatic rings. The van der Waals surface area contributed by atoms with Gasteiger partial charge in [0.2, 0.25) is 17.4 Å². The molecule has 7 heterocycles. The van der Waals surface area contributed by atoms with E-state index in [0.29, 0.717) is 13.2 Å². The fraction of sp³-hybridized carbons (Fsp3) is 0.976. The van der Waals surface area contributed by atoms with E-state index in [-0.39, 0.29) is 43.9 Å². The van der Waals surface area contributed by atoms with Gasteiger partial charge in [-0.3, -0.25) is 4.79 Å². The average Bonchev–Trinajstić information content (AvgIpc) is 4.02. The normalized spacial score (nSPS) is 45.9. The van der Waals surface area contributed by atoms with Crippen molar-refractivity contribution in [2.75, 3.05) is 39.6 Å². The monoisotopic (exact) mass is 858 g/mol. The van der Waals surface area contributed by atoms with Gasteiger partial charge in [0.05, 0.1) is 26.4 Å². The Bertz CT molecular complexity index is 1470. The molecule has 60 heavy (non-hydrogen) atoms. The topological polar surface area (TPSA) is 240 Å². The zero-order chi connectivity index (χ0) is 41.9. The lowest BCUT2D eigenvalue weighted by Gasteiger charge is -2.42. The zero-order valence-corrected chi connectivity index (χ0v) is 34.6. The summed E-state index contributed by atoms with van der Waals surface area (Å²) in [6.07, 6.45) is 13.7. The van der Waals surface area contributed by atoms with Gasteiger partial charge in [-0.05, 0) is 51.4 Å². The SMILES string of the molecule is O=C1[C@@H]2OC3(CCCCC3)O[C@@H]2CO[C@]12COC1(CCCCC1)O2.OC[C@@]1(O)OC[C@@H](O)[C@@H](O)[C@@H]1O.O[C@H]1[C@@H]2OC3(CCCCC3)O[C@@H]2CO[C@]12COC1(CCCCC1)O2. The Kier molecular flexibility index (Phi) is 12.6. The van der Waals surface area contributed by atoms with Gasteiger partial charge in [0, 0.05) is 51.4 Å². The molecule has 11 rings (SSSR count). The summed E-state index contributed by atoms with van der Waals surface area (Å²) in [7, 11) is 0. The Balaban J connectivity index is 0.000000123. The number of aliphatic hydroxyl groups is 6. The summed E-state index contributed by atoms with van der Waals surface area (Å²) < 4.78 is 65.7. The zero-order valence-electron chi connectivity index (χ0n) is 34.6. The Morgan fingerprint density at radius 1 is 0.517 bits per heavy atom. The molecule has 0 aromatic carbocycles. The predicted octanol–water partition coefficient (Wildman–Crippen LogP) is 1.44. The molecule has 0 bridgehead atoms. The van der Waals surface area contributed by atoms with Crippen molar-refractivity contribution >= 4 is 5.78 Å². The third-order valence-corrected chi connectivity index (χ3v) is 14.6. The van der Waals surface area contributed by atoms with Gasteiger partial charge < -0.3 is 82.7 Å². The molecule has 7 aliphatic heterocycles. The van der Waals surface area contributed by atoms with Gasteiger partial charge in [0.25, 0.3) is 5.79 Å². The van der Waals surface area contributed by atoms with E-state index in [9.17, 15) is 15.0 Å². The quantitative estimate of drug-likeness (QED) is 0.219. The van der Waals surface area contributed by atoms with Gasteiger partial charge in [0.15, 0.2) is 29.3 Å². The van der Waals surface area contributed by atoms with Crippen molar-refractivity contribution in [3.05, 3.63) is 0 Å². The number of ether oxygens (including phenoxy) is 11. The van der Waals surface area contributed by atoms with Gasteiger partial charge in [-0.25, -0.2) is 0 Å². The van der Waals surface area contributed by atoms with E-state index in [0.717, 1.165) is 103 Å². The largest absolute Gasteiger partial charge is 0.391 e. The lowest BCUT2D eigenvalue weighted by Crippen LogP contribution is -2.62. The summed E-state index contributed by atoms with van der Waals surface area (Å²) in [5, 5.41) is 56.0. The minimum absolute atomic E-state index is 0.149. The number of rotatable bonds is 1. The minimum atomic E-state index is -2.17. The summed E-state index contributed by atoms with van der Waals surface area (Å²) in [5.74, 6) is -7.02. The molecule has 0 unspecified atom stereocenters. The van der Waals surface area contributed by atoms with Crippen molar-refractivity contribution in [3.63, 3.8) is 0 Å². The number of fused-ring (bicyclic) bond motifs is 2. The van der Waals surface area contributed by atoms with Crippen LogP contribution in [0.15, 0.2) is 0 Å². The number of carbonyl (C=O) groups is 1. The number of aliphatic hydroxyl groups excluding tert-OH is 5. The Morgan fingerprint density at radius 2 is 1.03 bits per heavy atom. The van der Waals surface area contributed by atoms with Crippen molar-refractivity contribution < 1.29 is 87.5 Å². The van der Waals surface area contributed by atoms with Gasteiger partial charge in [-0.2, -0.15) is 0 Å². The smallest absolute Gasteiger partial charge is 0.258 e. The first kappa shape index (κ1) is 44.2. The first-order valence-electron chi connectivity index (χ1n) is 22.7. The molecular weight excluding hydrogens is 792 g/mol. The fourth-order valence-electron chi connectivity index (χ4n) is 11.1. The summed E-state index contributed by atoms with van der Waals surface area (Å²) in [6, 6.07) is 0. The van der Waals surface area contributed by atoms with E-state index in [1.807, 2.05) is 0 Å². The maximum Gasteiger partial charge on any atom is 0.258 e.